The number of benzene rings is 1. The molecule has 1 rings (SSSR count). The minimum Gasteiger partial charge on any atom is -0.491 e. The molecule has 102 valence electrons. The fraction of sp³-hybridized carbons (Fsp3) is 0.571. The Bertz CT molecular complexity index is 290. The average Bonchev–Trinajstić information content (AvgIpc) is 2.40. The lowest BCUT2D eigenvalue weighted by Crippen LogP contribution is -2.18. The molecule has 0 saturated carbocycles. The van der Waals surface area contributed by atoms with Crippen molar-refractivity contribution in [2.75, 3.05) is 40.1 Å². The van der Waals surface area contributed by atoms with E-state index in [2.05, 4.69) is 11.4 Å². The lowest BCUT2D eigenvalue weighted by molar-refractivity contribution is 0.110. The molecule has 1 aromatic rings. The van der Waals surface area contributed by atoms with Crippen molar-refractivity contribution in [3.8, 4) is 5.75 Å². The maximum absolute atomic E-state index is 5.60. The van der Waals surface area contributed by atoms with Crippen LogP contribution in [0.3, 0.4) is 0 Å². The van der Waals surface area contributed by atoms with Gasteiger partial charge in [-0.05, 0) is 24.6 Å². The average molecular weight is 253 g/mol. The predicted molar refractivity (Wildman–Crippen MR) is 72.0 cm³/mol. The van der Waals surface area contributed by atoms with Gasteiger partial charge in [0.1, 0.15) is 12.4 Å². The van der Waals surface area contributed by atoms with Crippen molar-refractivity contribution in [2.24, 2.45) is 0 Å². The first-order valence-electron chi connectivity index (χ1n) is 6.36. The second-order valence-electron chi connectivity index (χ2n) is 3.86. The lowest BCUT2D eigenvalue weighted by atomic mass is 10.2. The Morgan fingerprint density at radius 1 is 1.17 bits per heavy atom. The topological polar surface area (TPSA) is 39.7 Å². The Morgan fingerprint density at radius 2 is 2.06 bits per heavy atom. The van der Waals surface area contributed by atoms with E-state index in [1.54, 1.807) is 7.11 Å². The van der Waals surface area contributed by atoms with Crippen LogP contribution in [-0.4, -0.2) is 40.1 Å². The number of methoxy groups -OCH3 is 1. The van der Waals surface area contributed by atoms with E-state index in [-0.39, 0.29) is 0 Å². The number of hydrogen-bond donors (Lipinski definition) is 1. The van der Waals surface area contributed by atoms with E-state index in [1.807, 2.05) is 25.1 Å². The Hall–Kier alpha value is -1.10. The smallest absolute Gasteiger partial charge is 0.119 e. The van der Waals surface area contributed by atoms with E-state index in [9.17, 15) is 0 Å². The fourth-order valence-electron chi connectivity index (χ4n) is 1.51. The highest BCUT2D eigenvalue weighted by molar-refractivity contribution is 5.28. The molecule has 0 atom stereocenters. The van der Waals surface area contributed by atoms with Gasteiger partial charge in [-0.2, -0.15) is 0 Å². The highest BCUT2D eigenvalue weighted by atomic mass is 16.5. The summed E-state index contributed by atoms with van der Waals surface area (Å²) in [5.74, 6) is 0.890. The van der Waals surface area contributed by atoms with Crippen LogP contribution < -0.4 is 10.1 Å². The molecule has 0 spiro atoms. The van der Waals surface area contributed by atoms with Gasteiger partial charge in [-0.25, -0.2) is 0 Å². The van der Waals surface area contributed by atoms with Gasteiger partial charge in [-0.1, -0.05) is 12.1 Å². The highest BCUT2D eigenvalue weighted by Gasteiger charge is 1.97. The minimum absolute atomic E-state index is 0.592. The molecule has 1 aromatic carbocycles. The van der Waals surface area contributed by atoms with E-state index in [1.165, 1.54) is 5.56 Å². The summed E-state index contributed by atoms with van der Waals surface area (Å²) in [7, 11) is 1.70. The molecule has 0 aromatic heterocycles. The molecular weight excluding hydrogens is 230 g/mol. The van der Waals surface area contributed by atoms with Crippen LogP contribution in [0.15, 0.2) is 24.3 Å². The van der Waals surface area contributed by atoms with Gasteiger partial charge in [0.25, 0.3) is 0 Å². The summed E-state index contributed by atoms with van der Waals surface area (Å²) in [5.41, 5.74) is 1.21. The molecular formula is C14H23NO3. The third kappa shape index (κ3) is 6.59. The molecule has 0 bridgehead atoms. The van der Waals surface area contributed by atoms with E-state index < -0.39 is 0 Å². The number of rotatable bonds is 10. The maximum Gasteiger partial charge on any atom is 0.119 e. The van der Waals surface area contributed by atoms with E-state index in [4.69, 9.17) is 14.2 Å². The van der Waals surface area contributed by atoms with Gasteiger partial charge in [0.15, 0.2) is 0 Å². The third-order valence-corrected chi connectivity index (χ3v) is 2.41. The minimum atomic E-state index is 0.592. The third-order valence-electron chi connectivity index (χ3n) is 2.41. The summed E-state index contributed by atoms with van der Waals surface area (Å²) < 4.78 is 15.8. The van der Waals surface area contributed by atoms with E-state index in [0.29, 0.717) is 13.2 Å². The molecule has 0 saturated heterocycles. The van der Waals surface area contributed by atoms with Crippen LogP contribution in [0.2, 0.25) is 0 Å². The zero-order valence-electron chi connectivity index (χ0n) is 11.3. The molecule has 0 heterocycles. The zero-order valence-corrected chi connectivity index (χ0v) is 11.3. The largest absolute Gasteiger partial charge is 0.491 e. The standard InChI is InChI=1S/C14H23NO3/c1-3-17-9-10-18-14-6-4-5-13(11-14)12-15-7-8-16-2/h4-6,11,15H,3,7-10,12H2,1-2H3. The van der Waals surface area contributed by atoms with Gasteiger partial charge < -0.3 is 19.5 Å². The van der Waals surface area contributed by atoms with Crippen molar-refractivity contribution >= 4 is 0 Å². The van der Waals surface area contributed by atoms with Gasteiger partial charge in [-0.15, -0.1) is 0 Å². The van der Waals surface area contributed by atoms with Crippen LogP contribution >= 0.6 is 0 Å². The first-order chi connectivity index (χ1) is 8.86. The SMILES string of the molecule is CCOCCOc1cccc(CNCCOC)c1. The summed E-state index contributed by atoms with van der Waals surface area (Å²) in [4.78, 5) is 0. The molecule has 0 radical (unpaired) electrons. The molecule has 1 N–H and O–H groups in total. The number of ether oxygens (including phenoxy) is 3. The Morgan fingerprint density at radius 3 is 2.83 bits per heavy atom. The van der Waals surface area contributed by atoms with E-state index >= 15 is 0 Å². The summed E-state index contributed by atoms with van der Waals surface area (Å²) >= 11 is 0. The molecule has 4 nitrogen and oxygen atoms in total. The Balaban J connectivity index is 2.27. The van der Waals surface area contributed by atoms with Gasteiger partial charge >= 0.3 is 0 Å². The van der Waals surface area contributed by atoms with Crippen LogP contribution in [0.5, 0.6) is 5.75 Å². The maximum atomic E-state index is 5.60. The summed E-state index contributed by atoms with van der Waals surface area (Å²) in [6.07, 6.45) is 0. The van der Waals surface area contributed by atoms with E-state index in [0.717, 1.165) is 32.1 Å². The Kier molecular flexibility index (Phi) is 8.21. The second kappa shape index (κ2) is 9.88. The normalized spacial score (nSPS) is 10.6. The summed E-state index contributed by atoms with van der Waals surface area (Å²) in [6.45, 7) is 6.34. The lowest BCUT2D eigenvalue weighted by Gasteiger charge is -2.09. The number of hydrogen-bond acceptors (Lipinski definition) is 4. The van der Waals surface area contributed by atoms with Crippen molar-refractivity contribution in [1.29, 1.82) is 0 Å². The zero-order chi connectivity index (χ0) is 13.1. The summed E-state index contributed by atoms with van der Waals surface area (Å²) in [6, 6.07) is 8.09. The van der Waals surface area contributed by atoms with Crippen LogP contribution in [-0.2, 0) is 16.0 Å². The van der Waals surface area contributed by atoms with Crippen LogP contribution in [0.1, 0.15) is 12.5 Å². The van der Waals surface area contributed by atoms with Crippen LogP contribution in [0, 0.1) is 0 Å². The first kappa shape index (κ1) is 15.0. The summed E-state index contributed by atoms with van der Waals surface area (Å²) in [5, 5.41) is 3.30. The van der Waals surface area contributed by atoms with Gasteiger partial charge in [-0.3, -0.25) is 0 Å². The molecule has 0 unspecified atom stereocenters. The second-order valence-corrected chi connectivity index (χ2v) is 3.86. The molecule has 4 heteroatoms. The van der Waals surface area contributed by atoms with Crippen molar-refractivity contribution in [3.05, 3.63) is 29.8 Å². The first-order valence-corrected chi connectivity index (χ1v) is 6.36. The fourth-order valence-corrected chi connectivity index (χ4v) is 1.51. The quantitative estimate of drug-likeness (QED) is 0.646. The van der Waals surface area contributed by atoms with Gasteiger partial charge in [0.05, 0.1) is 13.2 Å². The van der Waals surface area contributed by atoms with Crippen LogP contribution in [0.4, 0.5) is 0 Å². The molecule has 0 aliphatic heterocycles. The Labute approximate surface area is 109 Å². The predicted octanol–water partition coefficient (Wildman–Crippen LogP) is 1.84. The van der Waals surface area contributed by atoms with Gasteiger partial charge in [0.2, 0.25) is 0 Å². The molecule has 0 amide bonds. The monoisotopic (exact) mass is 253 g/mol. The van der Waals surface area contributed by atoms with Crippen molar-refractivity contribution in [2.45, 2.75) is 13.5 Å². The molecule has 0 aliphatic carbocycles. The van der Waals surface area contributed by atoms with Gasteiger partial charge in [0, 0.05) is 26.8 Å². The van der Waals surface area contributed by atoms with Crippen molar-refractivity contribution in [3.63, 3.8) is 0 Å². The molecule has 0 aliphatic rings. The molecule has 0 fully saturated rings. The van der Waals surface area contributed by atoms with Crippen LogP contribution in [0.25, 0.3) is 0 Å². The number of nitrogens with one attached hydrogen (secondary N) is 1. The van der Waals surface area contributed by atoms with Crippen molar-refractivity contribution in [1.82, 2.24) is 5.32 Å². The van der Waals surface area contributed by atoms with Crippen molar-refractivity contribution < 1.29 is 14.2 Å². The molecule has 18 heavy (non-hydrogen) atoms. The highest BCUT2D eigenvalue weighted by Crippen LogP contribution is 2.13.